The van der Waals surface area contributed by atoms with E-state index in [0.717, 1.165) is 11.3 Å². The number of nitrogens with one attached hydrogen (secondary N) is 1. The molecular weight excluding hydrogens is 336 g/mol. The average molecular weight is 358 g/mol. The van der Waals surface area contributed by atoms with Crippen molar-refractivity contribution in [2.75, 3.05) is 20.3 Å². The van der Waals surface area contributed by atoms with Gasteiger partial charge in [0, 0.05) is 13.2 Å². The molecule has 2 aromatic rings. The predicted molar refractivity (Wildman–Crippen MR) is 95.5 cm³/mol. The molecule has 2 N–H and O–H groups in total. The molecule has 0 aliphatic rings. The Balaban J connectivity index is 1.68. The van der Waals surface area contributed by atoms with Crippen LogP contribution in [-0.2, 0) is 11.3 Å². The van der Waals surface area contributed by atoms with E-state index in [9.17, 15) is 9.59 Å². The van der Waals surface area contributed by atoms with E-state index in [1.165, 1.54) is 12.1 Å². The molecule has 1 amide bonds. The Morgan fingerprint density at radius 2 is 1.88 bits per heavy atom. The van der Waals surface area contributed by atoms with Crippen molar-refractivity contribution in [3.05, 3.63) is 58.9 Å². The van der Waals surface area contributed by atoms with E-state index >= 15 is 0 Å². The maximum atomic E-state index is 12.0. The van der Waals surface area contributed by atoms with Gasteiger partial charge in [-0.15, -0.1) is 0 Å². The maximum absolute atomic E-state index is 12.0. The quantitative estimate of drug-likeness (QED) is 0.668. The first-order valence-electron chi connectivity index (χ1n) is 8.21. The Morgan fingerprint density at radius 3 is 2.50 bits per heavy atom. The third kappa shape index (κ3) is 5.56. The lowest BCUT2D eigenvalue weighted by Crippen LogP contribution is -2.26. The van der Waals surface area contributed by atoms with Crippen LogP contribution in [0.2, 0.25) is 0 Å². The van der Waals surface area contributed by atoms with Gasteiger partial charge < -0.3 is 19.9 Å². The van der Waals surface area contributed by atoms with Crippen molar-refractivity contribution >= 4 is 11.9 Å². The van der Waals surface area contributed by atoms with Crippen LogP contribution in [0, 0.1) is 6.92 Å². The smallest absolute Gasteiger partial charge is 0.337 e. The highest BCUT2D eigenvalue weighted by atomic mass is 16.5. The number of methoxy groups -OCH3 is 1. The van der Waals surface area contributed by atoms with E-state index in [0.29, 0.717) is 31.9 Å². The Bertz CT molecular complexity index is 759. The Labute approximate surface area is 152 Å². The molecule has 0 atom stereocenters. The zero-order valence-electron chi connectivity index (χ0n) is 14.8. The van der Waals surface area contributed by atoms with Crippen molar-refractivity contribution in [1.82, 2.24) is 10.3 Å². The maximum Gasteiger partial charge on any atom is 0.337 e. The Morgan fingerprint density at radius 1 is 1.15 bits per heavy atom. The first-order valence-corrected chi connectivity index (χ1v) is 8.21. The second-order valence-corrected chi connectivity index (χ2v) is 5.64. The summed E-state index contributed by atoms with van der Waals surface area (Å²) in [6.07, 6.45) is 0.661. The number of aromatic carboxylic acids is 1. The number of carbonyl (C=O) groups is 2. The van der Waals surface area contributed by atoms with Crippen molar-refractivity contribution in [3.8, 4) is 5.75 Å². The van der Waals surface area contributed by atoms with Crippen LogP contribution in [0.25, 0.3) is 0 Å². The Kier molecular flexibility index (Phi) is 7.11. The average Bonchev–Trinajstić information content (AvgIpc) is 2.64. The summed E-state index contributed by atoms with van der Waals surface area (Å²) in [5.74, 6) is -0.590. The van der Waals surface area contributed by atoms with Gasteiger partial charge in [0.05, 0.1) is 25.0 Å². The number of pyridine rings is 1. The van der Waals surface area contributed by atoms with Crippen LogP contribution in [0.4, 0.5) is 0 Å². The molecule has 0 aliphatic carbocycles. The second-order valence-electron chi connectivity index (χ2n) is 5.64. The number of carboxylic acids is 1. The first kappa shape index (κ1) is 19.4. The number of carboxylic acid groups (broad SMARTS) is 1. The molecule has 0 aliphatic heterocycles. The normalized spacial score (nSPS) is 10.4. The lowest BCUT2D eigenvalue weighted by Gasteiger charge is -2.08. The highest BCUT2D eigenvalue weighted by Gasteiger charge is 2.12. The van der Waals surface area contributed by atoms with Crippen LogP contribution in [0.5, 0.6) is 5.75 Å². The lowest BCUT2D eigenvalue weighted by atomic mass is 10.2. The minimum atomic E-state index is -1.06. The number of hydrogen-bond donors (Lipinski definition) is 2. The number of nitrogens with zero attached hydrogens (tertiary/aromatic N) is 1. The van der Waals surface area contributed by atoms with Crippen molar-refractivity contribution in [3.63, 3.8) is 0 Å². The first-order chi connectivity index (χ1) is 12.5. The third-order valence-corrected chi connectivity index (χ3v) is 3.73. The van der Waals surface area contributed by atoms with Gasteiger partial charge in [-0.1, -0.05) is 12.1 Å². The van der Waals surface area contributed by atoms with Crippen molar-refractivity contribution in [1.29, 1.82) is 0 Å². The van der Waals surface area contributed by atoms with Crippen LogP contribution >= 0.6 is 0 Å². The molecule has 1 aromatic heterocycles. The van der Waals surface area contributed by atoms with Crippen LogP contribution in [0.15, 0.2) is 36.4 Å². The van der Waals surface area contributed by atoms with Crippen LogP contribution in [-0.4, -0.2) is 42.2 Å². The fourth-order valence-corrected chi connectivity index (χ4v) is 2.29. The van der Waals surface area contributed by atoms with Crippen molar-refractivity contribution in [2.45, 2.75) is 20.0 Å². The number of aromatic nitrogens is 1. The minimum absolute atomic E-state index is 0.0912. The summed E-state index contributed by atoms with van der Waals surface area (Å²) < 4.78 is 10.7. The summed E-state index contributed by atoms with van der Waals surface area (Å²) in [4.78, 5) is 27.0. The van der Waals surface area contributed by atoms with Gasteiger partial charge in [0.2, 0.25) is 0 Å². The van der Waals surface area contributed by atoms with Crippen LogP contribution < -0.4 is 10.1 Å². The number of benzene rings is 1. The zero-order chi connectivity index (χ0) is 18.9. The van der Waals surface area contributed by atoms with Gasteiger partial charge in [-0.05, 0) is 43.2 Å². The van der Waals surface area contributed by atoms with E-state index in [1.807, 2.05) is 24.3 Å². The number of carbonyl (C=O) groups excluding carboxylic acids is 1. The largest absolute Gasteiger partial charge is 0.497 e. The summed E-state index contributed by atoms with van der Waals surface area (Å²) in [6.45, 7) is 3.02. The summed E-state index contributed by atoms with van der Waals surface area (Å²) in [5.41, 5.74) is 1.65. The fourth-order valence-electron chi connectivity index (χ4n) is 2.29. The standard InChI is InChI=1S/C19H22N2O5/c1-13-16(19(23)24)8-9-17(21-13)18(22)20-10-3-11-26-12-14-4-6-15(25-2)7-5-14/h4-9H,3,10-12H2,1-2H3,(H,20,22)(H,23,24). The second kappa shape index (κ2) is 9.53. The molecule has 0 spiro atoms. The molecule has 0 bridgehead atoms. The van der Waals surface area contributed by atoms with Gasteiger partial charge in [-0.3, -0.25) is 4.79 Å². The van der Waals surface area contributed by atoms with Gasteiger partial charge in [-0.2, -0.15) is 0 Å². The van der Waals surface area contributed by atoms with Gasteiger partial charge >= 0.3 is 5.97 Å². The number of ether oxygens (including phenoxy) is 2. The van der Waals surface area contributed by atoms with E-state index in [2.05, 4.69) is 10.3 Å². The predicted octanol–water partition coefficient (Wildman–Crippen LogP) is 2.43. The molecule has 0 saturated heterocycles. The molecule has 0 fully saturated rings. The SMILES string of the molecule is COc1ccc(COCCCNC(=O)c2ccc(C(=O)O)c(C)n2)cc1. The van der Waals surface area contributed by atoms with E-state index in [1.54, 1.807) is 14.0 Å². The molecule has 0 unspecified atom stereocenters. The van der Waals surface area contributed by atoms with E-state index < -0.39 is 5.97 Å². The fraction of sp³-hybridized carbons (Fsp3) is 0.316. The van der Waals surface area contributed by atoms with Crippen molar-refractivity contribution < 1.29 is 24.2 Å². The molecule has 0 radical (unpaired) electrons. The highest BCUT2D eigenvalue weighted by molar-refractivity contribution is 5.94. The van der Waals surface area contributed by atoms with Crippen LogP contribution in [0.3, 0.4) is 0 Å². The van der Waals surface area contributed by atoms with E-state index in [-0.39, 0.29) is 17.2 Å². The molecule has 26 heavy (non-hydrogen) atoms. The topological polar surface area (TPSA) is 97.8 Å². The third-order valence-electron chi connectivity index (χ3n) is 3.73. The number of hydrogen-bond acceptors (Lipinski definition) is 5. The molecule has 7 heteroatoms. The van der Waals surface area contributed by atoms with E-state index in [4.69, 9.17) is 14.6 Å². The summed E-state index contributed by atoms with van der Waals surface area (Å²) in [7, 11) is 1.62. The number of amides is 1. The molecule has 0 saturated carbocycles. The molecule has 2 rings (SSSR count). The van der Waals surface area contributed by atoms with Crippen LogP contribution in [0.1, 0.15) is 38.5 Å². The molecule has 7 nitrogen and oxygen atoms in total. The molecule has 1 aromatic carbocycles. The minimum Gasteiger partial charge on any atom is -0.497 e. The number of rotatable bonds is 9. The van der Waals surface area contributed by atoms with Gasteiger partial charge in [0.15, 0.2) is 0 Å². The Hall–Kier alpha value is -2.93. The summed E-state index contributed by atoms with van der Waals surface area (Å²) in [6, 6.07) is 10.4. The lowest BCUT2D eigenvalue weighted by molar-refractivity contribution is 0.0694. The van der Waals surface area contributed by atoms with Gasteiger partial charge in [0.1, 0.15) is 11.4 Å². The summed E-state index contributed by atoms with van der Waals surface area (Å²) in [5, 5.41) is 11.7. The highest BCUT2D eigenvalue weighted by Crippen LogP contribution is 2.12. The molecule has 1 heterocycles. The molecular formula is C19H22N2O5. The number of aryl methyl sites for hydroxylation is 1. The zero-order valence-corrected chi connectivity index (χ0v) is 14.8. The van der Waals surface area contributed by atoms with Gasteiger partial charge in [0.25, 0.3) is 5.91 Å². The monoisotopic (exact) mass is 358 g/mol. The molecule has 138 valence electrons. The van der Waals surface area contributed by atoms with Gasteiger partial charge in [-0.25, -0.2) is 9.78 Å². The summed E-state index contributed by atoms with van der Waals surface area (Å²) >= 11 is 0. The van der Waals surface area contributed by atoms with Crippen molar-refractivity contribution in [2.24, 2.45) is 0 Å².